The summed E-state index contributed by atoms with van der Waals surface area (Å²) in [4.78, 5) is 40.8. The second kappa shape index (κ2) is 12.5. The maximum atomic E-state index is 13.4. The highest BCUT2D eigenvalue weighted by molar-refractivity contribution is 6.05. The molecule has 2 aromatic carbocycles. The smallest absolute Gasteiger partial charge is 0.255 e. The molecule has 0 fully saturated rings. The molecule has 8 heteroatoms. The van der Waals surface area contributed by atoms with Crippen LogP contribution in [0.3, 0.4) is 0 Å². The molecule has 0 radical (unpaired) electrons. The van der Waals surface area contributed by atoms with E-state index in [1.165, 1.54) is 6.08 Å². The summed E-state index contributed by atoms with van der Waals surface area (Å²) in [5.41, 5.74) is 2.46. The molecule has 192 valence electrons. The molecule has 3 atom stereocenters. The molecule has 1 aliphatic heterocycles. The van der Waals surface area contributed by atoms with E-state index in [1.54, 1.807) is 56.4 Å². The largest absolute Gasteiger partial charge is 0.377 e. The van der Waals surface area contributed by atoms with Crippen molar-refractivity contribution in [1.29, 1.82) is 0 Å². The van der Waals surface area contributed by atoms with Gasteiger partial charge in [-0.1, -0.05) is 44.2 Å². The summed E-state index contributed by atoms with van der Waals surface area (Å²) in [6.45, 7) is 6.44. The third-order valence-electron chi connectivity index (χ3n) is 6.01. The number of fused-ring (bicyclic) bond motifs is 3. The summed E-state index contributed by atoms with van der Waals surface area (Å²) >= 11 is 0. The number of methoxy groups -OCH3 is 2. The third-order valence-corrected chi connectivity index (χ3v) is 6.01. The van der Waals surface area contributed by atoms with Crippen LogP contribution in [0.15, 0.2) is 54.6 Å². The maximum Gasteiger partial charge on any atom is 0.255 e. The first-order chi connectivity index (χ1) is 17.2. The van der Waals surface area contributed by atoms with Crippen LogP contribution in [-0.4, -0.2) is 62.1 Å². The highest BCUT2D eigenvalue weighted by Gasteiger charge is 2.31. The van der Waals surface area contributed by atoms with Gasteiger partial charge in [-0.3, -0.25) is 14.4 Å². The molecule has 0 spiro atoms. The minimum absolute atomic E-state index is 0.197. The van der Waals surface area contributed by atoms with Crippen molar-refractivity contribution >= 4 is 29.5 Å². The Morgan fingerprint density at radius 1 is 1.00 bits per heavy atom. The molecule has 8 nitrogen and oxygen atoms in total. The van der Waals surface area contributed by atoms with Gasteiger partial charge in [-0.15, -0.1) is 0 Å². The molecular weight excluding hydrogens is 458 g/mol. The lowest BCUT2D eigenvalue weighted by Crippen LogP contribution is -2.50. The zero-order chi connectivity index (χ0) is 26.2. The van der Waals surface area contributed by atoms with Gasteiger partial charge in [0.05, 0.1) is 0 Å². The normalized spacial score (nSPS) is 22.4. The van der Waals surface area contributed by atoms with Gasteiger partial charge < -0.3 is 25.0 Å². The van der Waals surface area contributed by atoms with Crippen LogP contribution in [-0.2, 0) is 19.1 Å². The van der Waals surface area contributed by atoms with E-state index in [9.17, 15) is 14.4 Å². The molecule has 36 heavy (non-hydrogen) atoms. The Balaban J connectivity index is 2.09. The molecule has 0 saturated heterocycles. The fourth-order valence-corrected chi connectivity index (χ4v) is 4.29. The molecule has 0 aliphatic carbocycles. The summed E-state index contributed by atoms with van der Waals surface area (Å²) in [6.07, 6.45) is 1.88. The number of ether oxygens (including phenoxy) is 2. The number of carbonyl (C=O) groups is 3. The lowest BCUT2D eigenvalue weighted by atomic mass is 10.00. The predicted molar refractivity (Wildman–Crippen MR) is 139 cm³/mol. The van der Waals surface area contributed by atoms with Gasteiger partial charge in [0.1, 0.15) is 18.2 Å². The van der Waals surface area contributed by atoms with Crippen molar-refractivity contribution in [3.63, 3.8) is 0 Å². The first kappa shape index (κ1) is 27.1. The topological polar surface area (TPSA) is 97.0 Å². The number of amides is 3. The van der Waals surface area contributed by atoms with E-state index in [1.807, 2.05) is 38.1 Å². The zero-order valence-electron chi connectivity index (χ0n) is 21.5. The number of para-hydroxylation sites is 1. The van der Waals surface area contributed by atoms with Gasteiger partial charge in [0, 0.05) is 50.2 Å². The molecule has 2 N–H and O–H groups in total. The molecular formula is C28H35N3O5. The number of rotatable bonds is 4. The van der Waals surface area contributed by atoms with Crippen molar-refractivity contribution in [3.8, 4) is 0 Å². The lowest BCUT2D eigenvalue weighted by Gasteiger charge is -2.34. The maximum absolute atomic E-state index is 13.4. The second-order valence-corrected chi connectivity index (χ2v) is 9.30. The van der Waals surface area contributed by atoms with Crippen LogP contribution >= 0.6 is 0 Å². The van der Waals surface area contributed by atoms with Crippen molar-refractivity contribution in [1.82, 2.24) is 10.2 Å². The number of carbonyl (C=O) groups excluding carboxylic acids is 3. The van der Waals surface area contributed by atoms with Gasteiger partial charge in [-0.25, -0.2) is 0 Å². The summed E-state index contributed by atoms with van der Waals surface area (Å²) in [5, 5.41) is 5.73. The molecule has 1 aliphatic rings. The standard InChI is InChI=1S/C28H35N3O5/c1-18(2)16-31-17-24(35-4)26(36-5)22-11-6-7-12-23(22)30-27(33)21-10-8-9-20(15-21)13-14-25(32)29-19(3)28(31)34/h6-15,18-19,24,26H,16-17H2,1-5H3,(H,29,32)(H,30,33)/b14-13+/t19-,24+,26?/m0/s1. The molecule has 0 saturated carbocycles. The van der Waals surface area contributed by atoms with Gasteiger partial charge in [-0.05, 0) is 42.7 Å². The minimum atomic E-state index is -0.739. The van der Waals surface area contributed by atoms with Crippen LogP contribution in [0.25, 0.3) is 6.08 Å². The van der Waals surface area contributed by atoms with Crippen molar-refractivity contribution < 1.29 is 23.9 Å². The summed E-state index contributed by atoms with van der Waals surface area (Å²) < 4.78 is 11.7. The van der Waals surface area contributed by atoms with E-state index < -0.39 is 24.2 Å². The Bertz CT molecular complexity index is 1110. The zero-order valence-corrected chi connectivity index (χ0v) is 21.5. The number of anilines is 1. The minimum Gasteiger partial charge on any atom is -0.377 e. The molecule has 1 heterocycles. The Kier molecular flexibility index (Phi) is 9.38. The van der Waals surface area contributed by atoms with Gasteiger partial charge in [0.2, 0.25) is 11.8 Å². The number of nitrogens with zero attached hydrogens (tertiary/aromatic N) is 1. The summed E-state index contributed by atoms with van der Waals surface area (Å²) in [6, 6.07) is 13.6. The molecule has 1 unspecified atom stereocenters. The van der Waals surface area contributed by atoms with Gasteiger partial charge in [0.15, 0.2) is 0 Å². The molecule has 3 amide bonds. The highest BCUT2D eigenvalue weighted by Crippen LogP contribution is 2.30. The average Bonchev–Trinajstić information content (AvgIpc) is 2.86. The van der Waals surface area contributed by atoms with Crippen LogP contribution < -0.4 is 10.6 Å². The quantitative estimate of drug-likeness (QED) is 0.678. The first-order valence-corrected chi connectivity index (χ1v) is 12.1. The van der Waals surface area contributed by atoms with Crippen LogP contribution in [0.4, 0.5) is 5.69 Å². The van der Waals surface area contributed by atoms with E-state index in [2.05, 4.69) is 10.6 Å². The van der Waals surface area contributed by atoms with E-state index in [0.717, 1.165) is 5.56 Å². The number of nitrogens with one attached hydrogen (secondary N) is 2. The van der Waals surface area contributed by atoms with Crippen molar-refractivity contribution in [3.05, 3.63) is 71.3 Å². The highest BCUT2D eigenvalue weighted by atomic mass is 16.5. The van der Waals surface area contributed by atoms with Gasteiger partial charge in [0.25, 0.3) is 5.91 Å². The van der Waals surface area contributed by atoms with Crippen molar-refractivity contribution in [2.24, 2.45) is 5.92 Å². The Morgan fingerprint density at radius 3 is 2.44 bits per heavy atom. The number of hydrogen-bond donors (Lipinski definition) is 2. The predicted octanol–water partition coefficient (Wildman–Crippen LogP) is 3.66. The molecule has 2 bridgehead atoms. The van der Waals surface area contributed by atoms with E-state index in [4.69, 9.17) is 9.47 Å². The van der Waals surface area contributed by atoms with E-state index >= 15 is 0 Å². The third kappa shape index (κ3) is 6.80. The fourth-order valence-electron chi connectivity index (χ4n) is 4.29. The van der Waals surface area contributed by atoms with Crippen LogP contribution in [0.1, 0.15) is 48.4 Å². The monoisotopic (exact) mass is 493 g/mol. The van der Waals surface area contributed by atoms with Gasteiger partial charge in [-0.2, -0.15) is 0 Å². The molecule has 0 aromatic heterocycles. The van der Waals surface area contributed by atoms with Crippen LogP contribution in [0.5, 0.6) is 0 Å². The van der Waals surface area contributed by atoms with E-state index in [0.29, 0.717) is 23.4 Å². The Morgan fingerprint density at radius 2 is 1.75 bits per heavy atom. The fraction of sp³-hybridized carbons (Fsp3) is 0.393. The Hall–Kier alpha value is -3.49. The summed E-state index contributed by atoms with van der Waals surface area (Å²) in [7, 11) is 3.14. The second-order valence-electron chi connectivity index (χ2n) is 9.30. The molecule has 2 aromatic rings. The van der Waals surface area contributed by atoms with Crippen LogP contribution in [0.2, 0.25) is 0 Å². The number of hydrogen-bond acceptors (Lipinski definition) is 5. The van der Waals surface area contributed by atoms with E-state index in [-0.39, 0.29) is 24.3 Å². The Labute approximate surface area is 212 Å². The SMILES string of the molecule is COC1c2ccccc2NC(=O)c2cccc(c2)/C=C/C(=O)N[C@@H](C)C(=O)N(CC(C)C)C[C@H]1OC. The average molecular weight is 494 g/mol. The molecule has 3 rings (SSSR count). The summed E-state index contributed by atoms with van der Waals surface area (Å²) in [5.74, 6) is -0.706. The van der Waals surface area contributed by atoms with Crippen molar-refractivity contribution in [2.75, 3.05) is 32.6 Å². The van der Waals surface area contributed by atoms with Crippen molar-refractivity contribution in [2.45, 2.75) is 39.0 Å². The number of benzene rings is 2. The first-order valence-electron chi connectivity index (χ1n) is 12.1. The van der Waals surface area contributed by atoms with Crippen LogP contribution in [0, 0.1) is 5.92 Å². The lowest BCUT2D eigenvalue weighted by molar-refractivity contribution is -0.139. The van der Waals surface area contributed by atoms with Gasteiger partial charge >= 0.3 is 0 Å².